The van der Waals surface area contributed by atoms with Crippen molar-refractivity contribution >= 4 is 40.5 Å². The Morgan fingerprint density at radius 1 is 1.03 bits per heavy atom. The molecule has 0 radical (unpaired) electrons. The molecule has 1 saturated heterocycles. The molecule has 0 spiro atoms. The van der Waals surface area contributed by atoms with Gasteiger partial charge < -0.3 is 20.1 Å². The highest BCUT2D eigenvalue weighted by molar-refractivity contribution is 7.80. The zero-order valence-electron chi connectivity index (χ0n) is 18.8. The van der Waals surface area contributed by atoms with Crippen molar-refractivity contribution in [2.45, 2.75) is 18.5 Å². The predicted octanol–water partition coefficient (Wildman–Crippen LogP) is 5.53. The zero-order valence-corrected chi connectivity index (χ0v) is 20.4. The maximum absolute atomic E-state index is 12.7. The molecule has 176 valence electrons. The van der Waals surface area contributed by atoms with Gasteiger partial charge in [0.1, 0.15) is 0 Å². The van der Waals surface area contributed by atoms with Gasteiger partial charge in [0.15, 0.2) is 5.11 Å². The summed E-state index contributed by atoms with van der Waals surface area (Å²) in [6.45, 7) is 0.458. The third-order valence-corrected chi connectivity index (χ3v) is 6.59. The number of nitrogens with zero attached hydrogens (tertiary/aromatic N) is 3. The first-order chi connectivity index (χ1) is 17.1. The molecule has 2 atom stereocenters. The number of para-hydroxylation sites is 1. The standard InChI is InChI=1S/C27H24ClN5OS/c28-19-8-6-11-21(18-19)32-16-7-13-23(32)26-25(22-12-4-5-15-29-22)31-27(35)33(26)17-14-24(34)30-20-9-2-1-3-10-20/h1-13,15-16,18,25-26H,14,17H2,(H,30,34)(H,31,35)/t25-,26-/m1/s1. The summed E-state index contributed by atoms with van der Waals surface area (Å²) in [6.07, 6.45) is 4.08. The van der Waals surface area contributed by atoms with E-state index >= 15 is 0 Å². The molecule has 8 heteroatoms. The number of carbonyl (C=O) groups excluding carboxylic acids is 1. The highest BCUT2D eigenvalue weighted by atomic mass is 35.5. The van der Waals surface area contributed by atoms with Gasteiger partial charge in [0.2, 0.25) is 5.91 Å². The van der Waals surface area contributed by atoms with Gasteiger partial charge >= 0.3 is 0 Å². The van der Waals surface area contributed by atoms with Crippen LogP contribution in [0.1, 0.15) is 29.9 Å². The lowest BCUT2D eigenvalue weighted by Gasteiger charge is -2.29. The van der Waals surface area contributed by atoms with E-state index in [0.717, 1.165) is 22.8 Å². The number of nitrogens with one attached hydrogen (secondary N) is 2. The van der Waals surface area contributed by atoms with Crippen molar-refractivity contribution in [2.75, 3.05) is 11.9 Å². The summed E-state index contributed by atoms with van der Waals surface area (Å²) >= 11 is 12.0. The third kappa shape index (κ3) is 5.06. The first-order valence-corrected chi connectivity index (χ1v) is 12.1. The van der Waals surface area contributed by atoms with Crippen molar-refractivity contribution in [3.8, 4) is 5.69 Å². The molecular weight excluding hydrogens is 478 g/mol. The molecule has 1 aliphatic heterocycles. The molecule has 2 aromatic carbocycles. The van der Waals surface area contributed by atoms with Crippen molar-refractivity contribution in [3.05, 3.63) is 114 Å². The van der Waals surface area contributed by atoms with Crippen molar-refractivity contribution in [2.24, 2.45) is 0 Å². The number of amides is 1. The normalized spacial score (nSPS) is 17.3. The molecular formula is C27H24ClN5OS. The predicted molar refractivity (Wildman–Crippen MR) is 143 cm³/mol. The van der Waals surface area contributed by atoms with Gasteiger partial charge in [-0.3, -0.25) is 9.78 Å². The summed E-state index contributed by atoms with van der Waals surface area (Å²) in [7, 11) is 0. The van der Waals surface area contributed by atoms with Crippen LogP contribution in [0.25, 0.3) is 5.69 Å². The second-order valence-electron chi connectivity index (χ2n) is 8.27. The Bertz CT molecular complexity index is 1330. The SMILES string of the molecule is O=C(CCN1C(=S)N[C@H](c2ccccn2)[C@H]1c1cccn1-c1cccc(Cl)c1)Nc1ccccc1. The average Bonchev–Trinajstić information content (AvgIpc) is 3.48. The Morgan fingerprint density at radius 2 is 1.86 bits per heavy atom. The van der Waals surface area contributed by atoms with Gasteiger partial charge in [0.05, 0.1) is 17.8 Å². The van der Waals surface area contributed by atoms with E-state index in [1.807, 2.05) is 85.1 Å². The Kier molecular flexibility index (Phi) is 6.79. The van der Waals surface area contributed by atoms with E-state index in [2.05, 4.69) is 31.2 Å². The summed E-state index contributed by atoms with van der Waals surface area (Å²) in [5.41, 5.74) is 3.64. The fraction of sp³-hybridized carbons (Fsp3) is 0.148. The molecule has 35 heavy (non-hydrogen) atoms. The topological polar surface area (TPSA) is 62.2 Å². The van der Waals surface area contributed by atoms with Gasteiger partial charge in [-0.15, -0.1) is 0 Å². The molecule has 5 rings (SSSR count). The van der Waals surface area contributed by atoms with Crippen LogP contribution >= 0.6 is 23.8 Å². The molecule has 2 aromatic heterocycles. The first-order valence-electron chi connectivity index (χ1n) is 11.4. The Balaban J connectivity index is 1.45. The first kappa shape index (κ1) is 23.1. The number of anilines is 1. The van der Waals surface area contributed by atoms with Crippen LogP contribution in [0.15, 0.2) is 97.3 Å². The van der Waals surface area contributed by atoms with Crippen LogP contribution in [0.3, 0.4) is 0 Å². The summed E-state index contributed by atoms with van der Waals surface area (Å²) in [5.74, 6) is -0.0655. The number of rotatable bonds is 7. The van der Waals surface area contributed by atoms with E-state index < -0.39 is 0 Å². The van der Waals surface area contributed by atoms with Crippen LogP contribution in [-0.2, 0) is 4.79 Å². The summed E-state index contributed by atoms with van der Waals surface area (Å²) < 4.78 is 2.11. The molecule has 1 aliphatic rings. The second-order valence-corrected chi connectivity index (χ2v) is 9.09. The molecule has 1 fully saturated rings. The number of aromatic nitrogens is 2. The van der Waals surface area contributed by atoms with Crippen LogP contribution in [0.4, 0.5) is 5.69 Å². The van der Waals surface area contributed by atoms with Crippen molar-refractivity contribution < 1.29 is 4.79 Å². The van der Waals surface area contributed by atoms with Crippen LogP contribution in [-0.4, -0.2) is 32.0 Å². The number of benzene rings is 2. The van der Waals surface area contributed by atoms with E-state index in [0.29, 0.717) is 23.1 Å². The van der Waals surface area contributed by atoms with Crippen LogP contribution in [0, 0.1) is 0 Å². The van der Waals surface area contributed by atoms with Gasteiger partial charge in [-0.05, 0) is 66.8 Å². The lowest BCUT2D eigenvalue weighted by atomic mass is 10.0. The highest BCUT2D eigenvalue weighted by Gasteiger charge is 2.41. The van der Waals surface area contributed by atoms with Crippen LogP contribution in [0.2, 0.25) is 5.02 Å². The van der Waals surface area contributed by atoms with Crippen LogP contribution in [0.5, 0.6) is 0 Å². The van der Waals surface area contributed by atoms with Gasteiger partial charge in [-0.1, -0.05) is 41.9 Å². The zero-order chi connectivity index (χ0) is 24.2. The molecule has 4 aromatic rings. The van der Waals surface area contributed by atoms with E-state index in [9.17, 15) is 4.79 Å². The molecule has 3 heterocycles. The molecule has 0 unspecified atom stereocenters. The van der Waals surface area contributed by atoms with Gasteiger partial charge in [0.25, 0.3) is 0 Å². The smallest absolute Gasteiger partial charge is 0.226 e. The summed E-state index contributed by atoms with van der Waals surface area (Å²) in [6, 6.07) is 26.8. The largest absolute Gasteiger partial charge is 0.352 e. The van der Waals surface area contributed by atoms with Crippen molar-refractivity contribution in [1.29, 1.82) is 0 Å². The molecule has 6 nitrogen and oxygen atoms in total. The summed E-state index contributed by atoms with van der Waals surface area (Å²) in [4.78, 5) is 19.4. The number of hydrogen-bond acceptors (Lipinski definition) is 3. The molecule has 0 saturated carbocycles. The van der Waals surface area contributed by atoms with E-state index in [1.54, 1.807) is 6.20 Å². The van der Waals surface area contributed by atoms with Gasteiger partial charge in [0, 0.05) is 47.5 Å². The Morgan fingerprint density at radius 3 is 2.63 bits per heavy atom. The monoisotopic (exact) mass is 501 g/mol. The lowest BCUT2D eigenvalue weighted by Crippen LogP contribution is -2.33. The molecule has 0 aliphatic carbocycles. The number of halogens is 1. The minimum absolute atomic E-state index is 0.0655. The van der Waals surface area contributed by atoms with Crippen molar-refractivity contribution in [3.63, 3.8) is 0 Å². The quantitative estimate of drug-likeness (QED) is 0.326. The Hall–Kier alpha value is -3.68. The van der Waals surface area contributed by atoms with E-state index in [1.165, 1.54) is 0 Å². The second kappa shape index (κ2) is 10.3. The maximum Gasteiger partial charge on any atom is 0.226 e. The number of pyridine rings is 1. The van der Waals surface area contributed by atoms with Crippen molar-refractivity contribution in [1.82, 2.24) is 19.8 Å². The highest BCUT2D eigenvalue weighted by Crippen LogP contribution is 2.39. The van der Waals surface area contributed by atoms with E-state index in [4.69, 9.17) is 23.8 Å². The van der Waals surface area contributed by atoms with E-state index in [-0.39, 0.29) is 18.0 Å². The molecule has 0 bridgehead atoms. The minimum Gasteiger partial charge on any atom is -0.352 e. The number of thiocarbonyl (C=S) groups is 1. The van der Waals surface area contributed by atoms with Gasteiger partial charge in [-0.2, -0.15) is 0 Å². The average molecular weight is 502 g/mol. The third-order valence-electron chi connectivity index (χ3n) is 6.00. The number of carbonyl (C=O) groups is 1. The molecule has 1 amide bonds. The maximum atomic E-state index is 12.7. The van der Waals surface area contributed by atoms with Crippen LogP contribution < -0.4 is 10.6 Å². The minimum atomic E-state index is -0.172. The summed E-state index contributed by atoms with van der Waals surface area (Å²) in [5, 5.41) is 7.66. The Labute approximate surface area is 214 Å². The fourth-order valence-electron chi connectivity index (χ4n) is 4.43. The van der Waals surface area contributed by atoms with Gasteiger partial charge in [-0.25, -0.2) is 0 Å². The molecule has 2 N–H and O–H groups in total. The number of hydrogen-bond donors (Lipinski definition) is 2. The fourth-order valence-corrected chi connectivity index (χ4v) is 4.95. The lowest BCUT2D eigenvalue weighted by molar-refractivity contribution is -0.116.